The van der Waals surface area contributed by atoms with Crippen LogP contribution in [0.15, 0.2) is 18.3 Å². The topological polar surface area (TPSA) is 28.2 Å². The Bertz CT molecular complexity index is 424. The third-order valence-electron chi connectivity index (χ3n) is 4.59. The van der Waals surface area contributed by atoms with Crippen molar-refractivity contribution < 1.29 is 0 Å². The van der Waals surface area contributed by atoms with Crippen molar-refractivity contribution in [1.82, 2.24) is 15.2 Å². The predicted octanol–water partition coefficient (Wildman–Crippen LogP) is 2.35. The fourth-order valence-electron chi connectivity index (χ4n) is 3.26. The predicted molar refractivity (Wildman–Crippen MR) is 78.0 cm³/mol. The SMILES string of the molecule is Cc1ccc(CN2CCCNC(C)(C3CC3)C2)cn1. The summed E-state index contributed by atoms with van der Waals surface area (Å²) in [4.78, 5) is 7.01. The molecule has 1 aromatic rings. The minimum absolute atomic E-state index is 0.328. The molecule has 1 unspecified atom stereocenters. The molecule has 0 spiro atoms. The maximum atomic E-state index is 4.41. The van der Waals surface area contributed by atoms with Crippen LogP contribution in [0.5, 0.6) is 0 Å². The van der Waals surface area contributed by atoms with E-state index in [1.807, 2.05) is 13.1 Å². The van der Waals surface area contributed by atoms with E-state index in [0.717, 1.165) is 24.7 Å². The highest BCUT2D eigenvalue weighted by molar-refractivity contribution is 5.13. The number of pyridine rings is 1. The largest absolute Gasteiger partial charge is 0.310 e. The highest BCUT2D eigenvalue weighted by Gasteiger charge is 2.42. The first-order valence-electron chi connectivity index (χ1n) is 7.55. The molecule has 1 N–H and O–H groups in total. The van der Waals surface area contributed by atoms with E-state index >= 15 is 0 Å². The van der Waals surface area contributed by atoms with Gasteiger partial charge in [0.1, 0.15) is 0 Å². The first-order chi connectivity index (χ1) is 9.16. The third-order valence-corrected chi connectivity index (χ3v) is 4.59. The Hall–Kier alpha value is -0.930. The number of nitrogens with one attached hydrogen (secondary N) is 1. The monoisotopic (exact) mass is 259 g/mol. The number of nitrogens with zero attached hydrogens (tertiary/aromatic N) is 2. The second kappa shape index (κ2) is 5.22. The van der Waals surface area contributed by atoms with E-state index in [0.29, 0.717) is 5.54 Å². The van der Waals surface area contributed by atoms with Gasteiger partial charge in [0.05, 0.1) is 0 Å². The molecule has 2 aliphatic rings. The van der Waals surface area contributed by atoms with Crippen LogP contribution < -0.4 is 5.32 Å². The lowest BCUT2D eigenvalue weighted by Gasteiger charge is -2.34. The minimum atomic E-state index is 0.328. The Morgan fingerprint density at radius 3 is 2.95 bits per heavy atom. The van der Waals surface area contributed by atoms with Gasteiger partial charge in [-0.1, -0.05) is 6.07 Å². The van der Waals surface area contributed by atoms with Crippen LogP contribution in [0.2, 0.25) is 0 Å². The Kier molecular flexibility index (Phi) is 3.59. The molecule has 1 atom stereocenters. The molecule has 2 fully saturated rings. The van der Waals surface area contributed by atoms with Crippen molar-refractivity contribution >= 4 is 0 Å². The van der Waals surface area contributed by atoms with Gasteiger partial charge in [0.25, 0.3) is 0 Å². The number of hydrogen-bond donors (Lipinski definition) is 1. The van der Waals surface area contributed by atoms with E-state index in [4.69, 9.17) is 0 Å². The third kappa shape index (κ3) is 3.15. The van der Waals surface area contributed by atoms with E-state index < -0.39 is 0 Å². The molecule has 3 nitrogen and oxygen atoms in total. The van der Waals surface area contributed by atoms with E-state index in [-0.39, 0.29) is 0 Å². The maximum Gasteiger partial charge on any atom is 0.0372 e. The molecular formula is C16H25N3. The molecule has 19 heavy (non-hydrogen) atoms. The number of rotatable bonds is 3. The van der Waals surface area contributed by atoms with Gasteiger partial charge in [-0.25, -0.2) is 0 Å². The molecule has 0 amide bonds. The molecule has 1 saturated heterocycles. The van der Waals surface area contributed by atoms with Crippen LogP contribution in [0.4, 0.5) is 0 Å². The summed E-state index contributed by atoms with van der Waals surface area (Å²) < 4.78 is 0. The van der Waals surface area contributed by atoms with Crippen molar-refractivity contribution in [2.24, 2.45) is 5.92 Å². The van der Waals surface area contributed by atoms with Crippen LogP contribution in [0.25, 0.3) is 0 Å². The summed E-state index contributed by atoms with van der Waals surface area (Å²) in [6.07, 6.45) is 6.09. The molecule has 0 bridgehead atoms. The molecule has 2 heterocycles. The van der Waals surface area contributed by atoms with Gasteiger partial charge in [-0.3, -0.25) is 9.88 Å². The van der Waals surface area contributed by atoms with Gasteiger partial charge >= 0.3 is 0 Å². The highest BCUT2D eigenvalue weighted by atomic mass is 15.2. The average molecular weight is 259 g/mol. The zero-order valence-electron chi connectivity index (χ0n) is 12.2. The Morgan fingerprint density at radius 1 is 1.42 bits per heavy atom. The van der Waals surface area contributed by atoms with Gasteiger partial charge in [0.2, 0.25) is 0 Å². The summed E-state index contributed by atoms with van der Waals surface area (Å²) in [5, 5.41) is 3.79. The molecule has 3 heteroatoms. The highest BCUT2D eigenvalue weighted by Crippen LogP contribution is 2.40. The molecule has 1 aliphatic heterocycles. The van der Waals surface area contributed by atoms with Gasteiger partial charge < -0.3 is 5.32 Å². The van der Waals surface area contributed by atoms with E-state index in [1.165, 1.54) is 37.9 Å². The van der Waals surface area contributed by atoms with Crippen molar-refractivity contribution in [3.63, 3.8) is 0 Å². The van der Waals surface area contributed by atoms with E-state index in [9.17, 15) is 0 Å². The number of aromatic nitrogens is 1. The smallest absolute Gasteiger partial charge is 0.0372 e. The van der Waals surface area contributed by atoms with Crippen LogP contribution in [-0.2, 0) is 6.54 Å². The average Bonchev–Trinajstić information content (AvgIpc) is 3.20. The second-order valence-electron chi connectivity index (χ2n) is 6.49. The lowest BCUT2D eigenvalue weighted by Crippen LogP contribution is -2.50. The van der Waals surface area contributed by atoms with Crippen molar-refractivity contribution in [3.05, 3.63) is 29.6 Å². The van der Waals surface area contributed by atoms with Gasteiger partial charge in [0.15, 0.2) is 0 Å². The molecule has 1 aliphatic carbocycles. The quantitative estimate of drug-likeness (QED) is 0.903. The maximum absolute atomic E-state index is 4.41. The molecule has 0 radical (unpaired) electrons. The first-order valence-corrected chi connectivity index (χ1v) is 7.55. The van der Waals surface area contributed by atoms with Crippen LogP contribution in [0.3, 0.4) is 0 Å². The number of hydrogen-bond acceptors (Lipinski definition) is 3. The normalized spacial score (nSPS) is 29.2. The van der Waals surface area contributed by atoms with Gasteiger partial charge in [-0.2, -0.15) is 0 Å². The van der Waals surface area contributed by atoms with Crippen LogP contribution in [0.1, 0.15) is 37.4 Å². The molecule has 1 aromatic heterocycles. The summed E-state index contributed by atoms with van der Waals surface area (Å²) in [6, 6.07) is 4.33. The Labute approximate surface area is 116 Å². The summed E-state index contributed by atoms with van der Waals surface area (Å²) in [5.74, 6) is 0.893. The zero-order valence-corrected chi connectivity index (χ0v) is 12.2. The lowest BCUT2D eigenvalue weighted by molar-refractivity contribution is 0.195. The van der Waals surface area contributed by atoms with Crippen LogP contribution in [0, 0.1) is 12.8 Å². The molecule has 3 rings (SSSR count). The lowest BCUT2D eigenvalue weighted by atomic mass is 9.95. The Morgan fingerprint density at radius 2 is 2.26 bits per heavy atom. The summed E-state index contributed by atoms with van der Waals surface area (Å²) >= 11 is 0. The minimum Gasteiger partial charge on any atom is -0.310 e. The molecule has 1 saturated carbocycles. The van der Waals surface area contributed by atoms with Gasteiger partial charge in [0, 0.05) is 30.5 Å². The van der Waals surface area contributed by atoms with Crippen molar-refractivity contribution in [3.8, 4) is 0 Å². The summed E-state index contributed by atoms with van der Waals surface area (Å²) in [6.45, 7) is 9.03. The zero-order chi connectivity index (χ0) is 13.3. The standard InChI is InChI=1S/C16H25N3/c1-13-4-5-14(10-17-13)11-19-9-3-8-18-16(2,12-19)15-6-7-15/h4-5,10,15,18H,3,6-9,11-12H2,1-2H3. The van der Waals surface area contributed by atoms with Crippen molar-refractivity contribution in [2.45, 2.75) is 45.2 Å². The second-order valence-corrected chi connectivity index (χ2v) is 6.49. The fraction of sp³-hybridized carbons (Fsp3) is 0.688. The Balaban J connectivity index is 1.67. The molecule has 104 valence electrons. The van der Waals surface area contributed by atoms with Crippen LogP contribution >= 0.6 is 0 Å². The first kappa shape index (κ1) is 13.1. The molecular weight excluding hydrogens is 234 g/mol. The van der Waals surface area contributed by atoms with Crippen LogP contribution in [-0.4, -0.2) is 35.1 Å². The van der Waals surface area contributed by atoms with Crippen molar-refractivity contribution in [1.29, 1.82) is 0 Å². The van der Waals surface area contributed by atoms with Crippen molar-refractivity contribution in [2.75, 3.05) is 19.6 Å². The van der Waals surface area contributed by atoms with E-state index in [2.05, 4.69) is 34.3 Å². The molecule has 0 aromatic carbocycles. The summed E-state index contributed by atoms with van der Waals surface area (Å²) in [7, 11) is 0. The summed E-state index contributed by atoms with van der Waals surface area (Å²) in [5.41, 5.74) is 2.77. The van der Waals surface area contributed by atoms with Gasteiger partial charge in [-0.15, -0.1) is 0 Å². The van der Waals surface area contributed by atoms with Gasteiger partial charge in [-0.05, 0) is 63.7 Å². The fourth-order valence-corrected chi connectivity index (χ4v) is 3.26. The van der Waals surface area contributed by atoms with E-state index in [1.54, 1.807) is 0 Å². The number of aryl methyl sites for hydroxylation is 1.